The van der Waals surface area contributed by atoms with Gasteiger partial charge in [-0.05, 0) is 30.2 Å². The number of nitrogens with one attached hydrogen (secondary N) is 3. The van der Waals surface area contributed by atoms with Crippen molar-refractivity contribution in [3.8, 4) is 5.75 Å². The summed E-state index contributed by atoms with van der Waals surface area (Å²) in [5, 5.41) is 6.84. The van der Waals surface area contributed by atoms with Gasteiger partial charge in [-0.2, -0.15) is 0 Å². The van der Waals surface area contributed by atoms with Crippen LogP contribution in [0.1, 0.15) is 11.1 Å². The maximum Gasteiger partial charge on any atom is 0.325 e. The van der Waals surface area contributed by atoms with E-state index in [0.717, 1.165) is 26.9 Å². The van der Waals surface area contributed by atoms with E-state index in [-0.39, 0.29) is 0 Å². The molecule has 0 radical (unpaired) electrons. The largest absolute Gasteiger partial charge is 0.495 e. The Hall–Kier alpha value is -3.52. The first-order chi connectivity index (χ1) is 14.9. The first-order valence-corrected chi connectivity index (χ1v) is 10.1. The third kappa shape index (κ3) is 4.06. The molecule has 4 rings (SSSR count). The Balaban J connectivity index is 1.45. The summed E-state index contributed by atoms with van der Waals surface area (Å²) in [4.78, 5) is 41.8. The number of carbonyl (C=O) groups excluding carboxylic acids is 3. The Morgan fingerprint density at radius 2 is 2.03 bits per heavy atom. The first kappa shape index (κ1) is 20.7. The molecule has 1 aromatic heterocycles. The predicted molar refractivity (Wildman–Crippen MR) is 117 cm³/mol. The highest BCUT2D eigenvalue weighted by Gasteiger charge is 2.39. The van der Waals surface area contributed by atoms with Crippen LogP contribution in [0.15, 0.2) is 42.6 Å². The minimum absolute atomic E-state index is 0.330. The average molecular weight is 441 g/mol. The number of halogens is 1. The first-order valence-electron chi connectivity index (χ1n) is 9.68. The number of amides is 4. The summed E-state index contributed by atoms with van der Waals surface area (Å²) in [7, 11) is 1.46. The molecule has 1 saturated heterocycles. The zero-order chi connectivity index (χ0) is 22.1. The molecule has 1 aliphatic heterocycles. The topological polar surface area (TPSA) is 104 Å². The molecule has 160 valence electrons. The molecule has 9 heteroatoms. The molecule has 0 saturated carbocycles. The van der Waals surface area contributed by atoms with Crippen LogP contribution in [0.2, 0.25) is 5.02 Å². The summed E-state index contributed by atoms with van der Waals surface area (Å²) in [5.41, 5.74) is 3.04. The van der Waals surface area contributed by atoms with E-state index in [1.54, 1.807) is 19.1 Å². The number of hydrogen-bond donors (Lipinski definition) is 3. The van der Waals surface area contributed by atoms with Gasteiger partial charge in [0, 0.05) is 34.6 Å². The van der Waals surface area contributed by atoms with Crippen LogP contribution in [0, 0.1) is 6.92 Å². The second-order valence-corrected chi connectivity index (χ2v) is 7.75. The molecule has 0 unspecified atom stereocenters. The molecule has 1 aliphatic rings. The summed E-state index contributed by atoms with van der Waals surface area (Å²) >= 11 is 6.09. The van der Waals surface area contributed by atoms with Crippen molar-refractivity contribution in [1.82, 2.24) is 15.2 Å². The Bertz CT molecular complexity index is 1190. The molecule has 0 bridgehead atoms. The molecule has 3 aromatic rings. The van der Waals surface area contributed by atoms with Crippen molar-refractivity contribution in [2.24, 2.45) is 0 Å². The molecule has 31 heavy (non-hydrogen) atoms. The van der Waals surface area contributed by atoms with Gasteiger partial charge in [0.15, 0.2) is 0 Å². The van der Waals surface area contributed by atoms with E-state index in [4.69, 9.17) is 16.3 Å². The highest BCUT2D eigenvalue weighted by molar-refractivity contribution is 6.31. The zero-order valence-electron chi connectivity index (χ0n) is 17.0. The molecule has 2 aromatic carbocycles. The van der Waals surface area contributed by atoms with Crippen molar-refractivity contribution in [2.75, 3.05) is 19.0 Å². The number of H-pyrrole nitrogens is 1. The fourth-order valence-electron chi connectivity index (χ4n) is 3.65. The third-order valence-corrected chi connectivity index (χ3v) is 5.67. The standard InChI is InChI=1S/C22H21ClN4O4/c1-12-7-17(19(31-2)9-15(12)23)25-20(28)11-27-21(29)18(26-22(27)30)8-13-10-24-16-6-4-3-5-14(13)16/h3-7,9-10,18,24H,8,11H2,1-2H3,(H,25,28)(H,26,30)/t18-/m0/s1. The second-order valence-electron chi connectivity index (χ2n) is 7.34. The van der Waals surface area contributed by atoms with Crippen molar-refractivity contribution in [2.45, 2.75) is 19.4 Å². The molecular formula is C22H21ClN4O4. The minimum Gasteiger partial charge on any atom is -0.495 e. The lowest BCUT2D eigenvalue weighted by Gasteiger charge is -2.15. The van der Waals surface area contributed by atoms with Gasteiger partial charge in [-0.15, -0.1) is 0 Å². The van der Waals surface area contributed by atoms with Crippen LogP contribution >= 0.6 is 11.6 Å². The number of nitrogens with zero attached hydrogens (tertiary/aromatic N) is 1. The summed E-state index contributed by atoms with van der Waals surface area (Å²) < 4.78 is 5.24. The Kier molecular flexibility index (Phi) is 5.56. The number of anilines is 1. The fourth-order valence-corrected chi connectivity index (χ4v) is 3.80. The van der Waals surface area contributed by atoms with Crippen molar-refractivity contribution in [3.63, 3.8) is 0 Å². The molecule has 2 heterocycles. The smallest absolute Gasteiger partial charge is 0.325 e. The molecule has 1 fully saturated rings. The number of aromatic nitrogens is 1. The van der Waals surface area contributed by atoms with E-state index in [9.17, 15) is 14.4 Å². The number of hydrogen-bond acceptors (Lipinski definition) is 4. The van der Waals surface area contributed by atoms with Gasteiger partial charge in [-0.25, -0.2) is 4.79 Å². The van der Waals surface area contributed by atoms with Gasteiger partial charge in [0.05, 0.1) is 12.8 Å². The molecule has 8 nitrogen and oxygen atoms in total. The van der Waals surface area contributed by atoms with Crippen LogP contribution in [-0.2, 0) is 16.0 Å². The monoisotopic (exact) mass is 440 g/mol. The molecule has 0 aliphatic carbocycles. The number of methoxy groups -OCH3 is 1. The SMILES string of the molecule is COc1cc(Cl)c(C)cc1NC(=O)CN1C(=O)N[C@@H](Cc2c[nH]c3ccccc23)C1=O. The van der Waals surface area contributed by atoms with Gasteiger partial charge in [-0.3, -0.25) is 14.5 Å². The number of carbonyl (C=O) groups is 3. The quantitative estimate of drug-likeness (QED) is 0.512. The van der Waals surface area contributed by atoms with Crippen molar-refractivity contribution < 1.29 is 19.1 Å². The Morgan fingerprint density at radius 1 is 1.26 bits per heavy atom. The van der Waals surface area contributed by atoms with Crippen LogP contribution in [0.25, 0.3) is 10.9 Å². The molecule has 4 amide bonds. The van der Waals surface area contributed by atoms with Crippen LogP contribution < -0.4 is 15.4 Å². The third-order valence-electron chi connectivity index (χ3n) is 5.26. The number of para-hydroxylation sites is 1. The maximum atomic E-state index is 12.8. The Labute approximate surface area is 183 Å². The number of aromatic amines is 1. The summed E-state index contributed by atoms with van der Waals surface area (Å²) in [5.74, 6) is -0.570. The minimum atomic E-state index is -0.730. The normalized spacial score (nSPS) is 16.0. The van der Waals surface area contributed by atoms with E-state index in [2.05, 4.69) is 15.6 Å². The molecule has 3 N–H and O–H groups in total. The average Bonchev–Trinajstić information content (AvgIpc) is 3.27. The van der Waals surface area contributed by atoms with Gasteiger partial charge < -0.3 is 20.4 Å². The zero-order valence-corrected chi connectivity index (χ0v) is 17.7. The number of benzene rings is 2. The number of ether oxygens (including phenoxy) is 1. The molecule has 0 spiro atoms. The van der Waals surface area contributed by atoms with Gasteiger partial charge >= 0.3 is 6.03 Å². The van der Waals surface area contributed by atoms with E-state index >= 15 is 0 Å². The number of aryl methyl sites for hydroxylation is 1. The van der Waals surface area contributed by atoms with Gasteiger partial charge in [0.25, 0.3) is 5.91 Å². The number of rotatable bonds is 6. The number of urea groups is 1. The molecular weight excluding hydrogens is 420 g/mol. The van der Waals surface area contributed by atoms with Crippen molar-refractivity contribution >= 4 is 46.0 Å². The lowest BCUT2D eigenvalue weighted by molar-refractivity contribution is -0.130. The van der Waals surface area contributed by atoms with Crippen molar-refractivity contribution in [3.05, 3.63) is 58.7 Å². The molecule has 1 atom stereocenters. The summed E-state index contributed by atoms with van der Waals surface area (Å²) in [6, 6.07) is 9.67. The van der Waals surface area contributed by atoms with Crippen LogP contribution in [0.3, 0.4) is 0 Å². The second kappa shape index (κ2) is 8.31. The lowest BCUT2D eigenvalue weighted by atomic mass is 10.1. The van der Waals surface area contributed by atoms with E-state index in [1.807, 2.05) is 30.5 Å². The highest BCUT2D eigenvalue weighted by Crippen LogP contribution is 2.31. The number of fused-ring (bicyclic) bond motifs is 1. The van der Waals surface area contributed by atoms with E-state index in [1.165, 1.54) is 7.11 Å². The van der Waals surface area contributed by atoms with Gasteiger partial charge in [0.1, 0.15) is 18.3 Å². The summed E-state index contributed by atoms with van der Waals surface area (Å²) in [6.45, 7) is 1.39. The van der Waals surface area contributed by atoms with Crippen LogP contribution in [-0.4, -0.2) is 47.4 Å². The van der Waals surface area contributed by atoms with Crippen LogP contribution in [0.4, 0.5) is 10.5 Å². The predicted octanol–water partition coefficient (Wildman–Crippen LogP) is 3.24. The van der Waals surface area contributed by atoms with Gasteiger partial charge in [-0.1, -0.05) is 29.8 Å². The van der Waals surface area contributed by atoms with Gasteiger partial charge in [0.2, 0.25) is 5.91 Å². The van der Waals surface area contributed by atoms with E-state index < -0.39 is 30.4 Å². The Morgan fingerprint density at radius 3 is 2.81 bits per heavy atom. The summed E-state index contributed by atoms with van der Waals surface area (Å²) in [6.07, 6.45) is 2.16. The number of imide groups is 1. The highest BCUT2D eigenvalue weighted by atomic mass is 35.5. The van der Waals surface area contributed by atoms with Crippen LogP contribution in [0.5, 0.6) is 5.75 Å². The maximum absolute atomic E-state index is 12.8. The lowest BCUT2D eigenvalue weighted by Crippen LogP contribution is -2.38. The fraction of sp³-hybridized carbons (Fsp3) is 0.227. The van der Waals surface area contributed by atoms with Crippen molar-refractivity contribution in [1.29, 1.82) is 0 Å². The van der Waals surface area contributed by atoms with E-state index in [0.29, 0.717) is 22.9 Å².